The van der Waals surface area contributed by atoms with E-state index in [1.165, 1.54) is 22.2 Å². The summed E-state index contributed by atoms with van der Waals surface area (Å²) < 4.78 is 0. The van der Waals surface area contributed by atoms with Crippen LogP contribution in [-0.4, -0.2) is 51.6 Å². The van der Waals surface area contributed by atoms with E-state index in [0.717, 1.165) is 6.42 Å². The van der Waals surface area contributed by atoms with Gasteiger partial charge in [-0.3, -0.25) is 9.69 Å². The lowest BCUT2D eigenvalue weighted by atomic mass is 10.1. The van der Waals surface area contributed by atoms with Crippen molar-refractivity contribution in [1.82, 2.24) is 14.9 Å². The summed E-state index contributed by atoms with van der Waals surface area (Å²) in [6, 6.07) is -0.280. The number of carboxylic acid groups (broad SMARTS) is 1. The number of carbonyl (C=O) groups excluding carboxylic acids is 1. The Bertz CT molecular complexity index is 525. The fourth-order valence-corrected chi connectivity index (χ4v) is 2.53. The lowest BCUT2D eigenvalue weighted by Gasteiger charge is -2.23. The van der Waals surface area contributed by atoms with Gasteiger partial charge in [-0.2, -0.15) is 0 Å². The SMILES string of the molecule is CN(C(=O)CC1CCCN1C(=O)O)c1nccnc1Cl. The van der Waals surface area contributed by atoms with Gasteiger partial charge in [0.15, 0.2) is 11.0 Å². The van der Waals surface area contributed by atoms with Gasteiger partial charge in [0.2, 0.25) is 5.91 Å². The van der Waals surface area contributed by atoms with Crippen molar-refractivity contribution >= 4 is 29.4 Å². The first-order valence-corrected chi connectivity index (χ1v) is 6.61. The van der Waals surface area contributed by atoms with Gasteiger partial charge in [-0.25, -0.2) is 14.8 Å². The topological polar surface area (TPSA) is 86.6 Å². The number of amides is 2. The predicted octanol–water partition coefficient (Wildman–Crippen LogP) is 1.63. The molecule has 2 rings (SSSR count). The normalized spacial score (nSPS) is 18.1. The van der Waals surface area contributed by atoms with Crippen LogP contribution in [0, 0.1) is 0 Å². The molecule has 1 saturated heterocycles. The van der Waals surface area contributed by atoms with Gasteiger partial charge in [-0.05, 0) is 12.8 Å². The zero-order valence-electron chi connectivity index (χ0n) is 11.0. The molecule has 20 heavy (non-hydrogen) atoms. The first-order valence-electron chi connectivity index (χ1n) is 6.23. The smallest absolute Gasteiger partial charge is 0.407 e. The van der Waals surface area contributed by atoms with Crippen LogP contribution in [0.3, 0.4) is 0 Å². The van der Waals surface area contributed by atoms with Crippen LogP contribution in [0.2, 0.25) is 5.15 Å². The molecule has 1 aromatic heterocycles. The Balaban J connectivity index is 2.05. The summed E-state index contributed by atoms with van der Waals surface area (Å²) in [6.45, 7) is 0.475. The average molecular weight is 299 g/mol. The monoisotopic (exact) mass is 298 g/mol. The summed E-state index contributed by atoms with van der Waals surface area (Å²) >= 11 is 5.89. The summed E-state index contributed by atoms with van der Waals surface area (Å²) in [6.07, 6.45) is 3.49. The molecule has 1 fully saturated rings. The molecule has 8 heteroatoms. The first-order chi connectivity index (χ1) is 9.50. The second-order valence-corrected chi connectivity index (χ2v) is 4.96. The summed E-state index contributed by atoms with van der Waals surface area (Å²) in [5.41, 5.74) is 0. The molecule has 1 aliphatic rings. The summed E-state index contributed by atoms with van der Waals surface area (Å²) in [7, 11) is 1.55. The lowest BCUT2D eigenvalue weighted by Crippen LogP contribution is -2.39. The Kier molecular flexibility index (Phi) is 4.39. The second-order valence-electron chi connectivity index (χ2n) is 4.60. The quantitative estimate of drug-likeness (QED) is 0.916. The fourth-order valence-electron chi connectivity index (χ4n) is 2.30. The largest absolute Gasteiger partial charge is 0.465 e. The summed E-state index contributed by atoms with van der Waals surface area (Å²) in [5.74, 6) is 0.0459. The van der Waals surface area contributed by atoms with Crippen LogP contribution in [0.15, 0.2) is 12.4 Å². The lowest BCUT2D eigenvalue weighted by molar-refractivity contribution is -0.119. The predicted molar refractivity (Wildman–Crippen MR) is 72.8 cm³/mol. The van der Waals surface area contributed by atoms with Gasteiger partial charge in [-0.15, -0.1) is 0 Å². The van der Waals surface area contributed by atoms with Crippen molar-refractivity contribution in [3.05, 3.63) is 17.5 Å². The highest BCUT2D eigenvalue weighted by Gasteiger charge is 2.31. The molecule has 0 radical (unpaired) electrons. The number of hydrogen-bond acceptors (Lipinski definition) is 4. The van der Waals surface area contributed by atoms with Crippen LogP contribution in [-0.2, 0) is 4.79 Å². The molecule has 0 aromatic carbocycles. The molecule has 0 saturated carbocycles. The third-order valence-electron chi connectivity index (χ3n) is 3.36. The number of nitrogens with zero attached hydrogens (tertiary/aromatic N) is 4. The van der Waals surface area contributed by atoms with Crippen molar-refractivity contribution in [2.24, 2.45) is 0 Å². The van der Waals surface area contributed by atoms with Crippen molar-refractivity contribution in [2.75, 3.05) is 18.5 Å². The Morgan fingerprint density at radius 3 is 2.85 bits per heavy atom. The molecule has 0 spiro atoms. The van der Waals surface area contributed by atoms with Crippen LogP contribution in [0.4, 0.5) is 10.6 Å². The number of aromatic nitrogens is 2. The van der Waals surface area contributed by atoms with Crippen molar-refractivity contribution in [2.45, 2.75) is 25.3 Å². The Hall–Kier alpha value is -1.89. The van der Waals surface area contributed by atoms with E-state index in [-0.39, 0.29) is 29.3 Å². The van der Waals surface area contributed by atoms with Gasteiger partial charge in [0.25, 0.3) is 0 Å². The molecule has 108 valence electrons. The van der Waals surface area contributed by atoms with Crippen molar-refractivity contribution in [3.8, 4) is 0 Å². The Labute approximate surface area is 121 Å². The number of carbonyl (C=O) groups is 2. The van der Waals surface area contributed by atoms with E-state index >= 15 is 0 Å². The van der Waals surface area contributed by atoms with Crippen LogP contribution in [0.1, 0.15) is 19.3 Å². The third-order valence-corrected chi connectivity index (χ3v) is 3.63. The first kappa shape index (κ1) is 14.5. The van der Waals surface area contributed by atoms with Gasteiger partial charge in [0.1, 0.15) is 0 Å². The maximum Gasteiger partial charge on any atom is 0.407 e. The molecule has 0 bridgehead atoms. The number of halogens is 1. The zero-order valence-corrected chi connectivity index (χ0v) is 11.7. The van der Waals surface area contributed by atoms with Crippen LogP contribution < -0.4 is 4.90 Å². The zero-order chi connectivity index (χ0) is 14.7. The van der Waals surface area contributed by atoms with E-state index in [1.807, 2.05) is 0 Å². The molecule has 1 unspecified atom stereocenters. The fraction of sp³-hybridized carbons (Fsp3) is 0.500. The summed E-state index contributed by atoms with van der Waals surface area (Å²) in [4.78, 5) is 33.7. The van der Waals surface area contributed by atoms with E-state index in [4.69, 9.17) is 16.7 Å². The highest BCUT2D eigenvalue weighted by atomic mass is 35.5. The number of hydrogen-bond donors (Lipinski definition) is 1. The maximum absolute atomic E-state index is 12.2. The second kappa shape index (κ2) is 6.04. The minimum Gasteiger partial charge on any atom is -0.465 e. The molecule has 1 atom stereocenters. The van der Waals surface area contributed by atoms with Crippen LogP contribution >= 0.6 is 11.6 Å². The minimum atomic E-state index is -0.986. The standard InChI is InChI=1S/C12H15ClN4O3/c1-16(11-10(13)14-4-5-15-11)9(18)7-8-3-2-6-17(8)12(19)20/h4-5,8H,2-3,6-7H2,1H3,(H,19,20). The molecular weight excluding hydrogens is 284 g/mol. The molecule has 2 amide bonds. The van der Waals surface area contributed by atoms with Crippen LogP contribution in [0.25, 0.3) is 0 Å². The molecule has 2 heterocycles. The van der Waals surface area contributed by atoms with Crippen molar-refractivity contribution < 1.29 is 14.7 Å². The molecule has 1 aliphatic heterocycles. The van der Waals surface area contributed by atoms with E-state index < -0.39 is 6.09 Å². The molecule has 1 aromatic rings. The van der Waals surface area contributed by atoms with E-state index in [9.17, 15) is 9.59 Å². The Morgan fingerprint density at radius 2 is 2.20 bits per heavy atom. The van der Waals surface area contributed by atoms with Gasteiger partial charge >= 0.3 is 6.09 Å². The number of anilines is 1. The van der Waals surface area contributed by atoms with Gasteiger partial charge < -0.3 is 10.0 Å². The molecule has 1 N–H and O–H groups in total. The van der Waals surface area contributed by atoms with Gasteiger partial charge in [0.05, 0.1) is 0 Å². The van der Waals surface area contributed by atoms with Crippen molar-refractivity contribution in [1.29, 1.82) is 0 Å². The third kappa shape index (κ3) is 2.98. The van der Waals surface area contributed by atoms with E-state index in [1.54, 1.807) is 7.05 Å². The van der Waals surface area contributed by atoms with E-state index in [2.05, 4.69) is 9.97 Å². The molecule has 7 nitrogen and oxygen atoms in total. The molecular formula is C12H15ClN4O3. The summed E-state index contributed by atoms with van der Waals surface area (Å²) in [5, 5.41) is 9.20. The van der Waals surface area contributed by atoms with Crippen LogP contribution in [0.5, 0.6) is 0 Å². The Morgan fingerprint density at radius 1 is 1.50 bits per heavy atom. The highest BCUT2D eigenvalue weighted by molar-refractivity contribution is 6.32. The molecule has 0 aliphatic carbocycles. The van der Waals surface area contributed by atoms with Gasteiger partial charge in [-0.1, -0.05) is 11.6 Å². The van der Waals surface area contributed by atoms with E-state index in [0.29, 0.717) is 13.0 Å². The maximum atomic E-state index is 12.2. The average Bonchev–Trinajstić information content (AvgIpc) is 2.86. The van der Waals surface area contributed by atoms with Gasteiger partial charge in [0, 0.05) is 38.4 Å². The number of likely N-dealkylation sites (tertiary alicyclic amines) is 1. The highest BCUT2D eigenvalue weighted by Crippen LogP contribution is 2.23. The minimum absolute atomic E-state index is 0.121. The van der Waals surface area contributed by atoms with Crippen molar-refractivity contribution in [3.63, 3.8) is 0 Å². The number of rotatable bonds is 3.